The van der Waals surface area contributed by atoms with Crippen LogP contribution in [0.2, 0.25) is 0 Å². The maximum Gasteiger partial charge on any atom is 0.258 e. The Bertz CT molecular complexity index is 460. The zero-order valence-electron chi connectivity index (χ0n) is 11.1. The Morgan fingerprint density at radius 1 is 1.40 bits per heavy atom. The molecule has 2 rings (SSSR count). The van der Waals surface area contributed by atoms with Crippen LogP contribution in [0.1, 0.15) is 12.8 Å². The molecular formula is C14H18FNO4. The van der Waals surface area contributed by atoms with Crippen molar-refractivity contribution in [3.8, 4) is 5.75 Å². The van der Waals surface area contributed by atoms with Gasteiger partial charge in [-0.1, -0.05) is 12.1 Å². The van der Waals surface area contributed by atoms with Crippen LogP contribution in [-0.4, -0.2) is 43.0 Å². The van der Waals surface area contributed by atoms with E-state index in [0.717, 1.165) is 0 Å². The molecule has 1 saturated heterocycles. The smallest absolute Gasteiger partial charge is 0.258 e. The number of aliphatic hydroxyl groups is 1. The van der Waals surface area contributed by atoms with Gasteiger partial charge in [0.1, 0.15) is 0 Å². The van der Waals surface area contributed by atoms with E-state index in [1.807, 2.05) is 0 Å². The topological polar surface area (TPSA) is 67.8 Å². The van der Waals surface area contributed by atoms with Gasteiger partial charge in [0, 0.05) is 32.6 Å². The summed E-state index contributed by atoms with van der Waals surface area (Å²) in [5, 5.41) is 12.7. The highest BCUT2D eigenvalue weighted by atomic mass is 19.1. The lowest BCUT2D eigenvalue weighted by molar-refractivity contribution is -0.125. The van der Waals surface area contributed by atoms with E-state index >= 15 is 0 Å². The van der Waals surface area contributed by atoms with Crippen molar-refractivity contribution in [1.29, 1.82) is 0 Å². The summed E-state index contributed by atoms with van der Waals surface area (Å²) in [6, 6.07) is 5.89. The Morgan fingerprint density at radius 2 is 2.10 bits per heavy atom. The molecule has 1 fully saturated rings. The molecule has 6 heteroatoms. The zero-order chi connectivity index (χ0) is 14.4. The maximum atomic E-state index is 13.3. The fraction of sp³-hybridized carbons (Fsp3) is 0.500. The molecule has 1 aromatic carbocycles. The number of para-hydroxylation sites is 1. The van der Waals surface area contributed by atoms with E-state index in [4.69, 9.17) is 9.47 Å². The summed E-state index contributed by atoms with van der Waals surface area (Å²) in [5.41, 5.74) is -0.925. The lowest BCUT2D eigenvalue weighted by atomic mass is 9.94. The third-order valence-electron chi connectivity index (χ3n) is 3.23. The van der Waals surface area contributed by atoms with Crippen LogP contribution in [0, 0.1) is 5.82 Å². The monoisotopic (exact) mass is 283 g/mol. The van der Waals surface area contributed by atoms with Crippen LogP contribution in [0.15, 0.2) is 24.3 Å². The second-order valence-electron chi connectivity index (χ2n) is 4.83. The standard InChI is InChI=1S/C14H18FNO4/c15-11-3-1-2-4-12(11)20-9-13(17)16-10-14(18)5-7-19-8-6-14/h1-4,18H,5-10H2,(H,16,17). The Hall–Kier alpha value is -1.66. The van der Waals surface area contributed by atoms with E-state index in [0.29, 0.717) is 26.1 Å². The van der Waals surface area contributed by atoms with Gasteiger partial charge in [0.15, 0.2) is 18.2 Å². The summed E-state index contributed by atoms with van der Waals surface area (Å²) in [7, 11) is 0. The SMILES string of the molecule is O=C(COc1ccccc1F)NCC1(O)CCOCC1. The average Bonchev–Trinajstić information content (AvgIpc) is 2.45. The van der Waals surface area contributed by atoms with Gasteiger partial charge in [-0.3, -0.25) is 4.79 Å². The molecule has 20 heavy (non-hydrogen) atoms. The molecule has 0 bridgehead atoms. The van der Waals surface area contributed by atoms with Gasteiger partial charge in [0.05, 0.1) is 5.60 Å². The van der Waals surface area contributed by atoms with Crippen molar-refractivity contribution >= 4 is 5.91 Å². The predicted molar refractivity (Wildman–Crippen MR) is 69.9 cm³/mol. The Balaban J connectivity index is 1.74. The Kier molecular flexibility index (Phi) is 4.92. The van der Waals surface area contributed by atoms with Gasteiger partial charge in [0.25, 0.3) is 5.91 Å². The van der Waals surface area contributed by atoms with E-state index in [1.54, 1.807) is 12.1 Å². The molecule has 0 spiro atoms. The van der Waals surface area contributed by atoms with Gasteiger partial charge >= 0.3 is 0 Å². The van der Waals surface area contributed by atoms with Crippen molar-refractivity contribution in [3.05, 3.63) is 30.1 Å². The number of ether oxygens (including phenoxy) is 2. The summed E-state index contributed by atoms with van der Waals surface area (Å²) >= 11 is 0. The number of halogens is 1. The van der Waals surface area contributed by atoms with Gasteiger partial charge in [0.2, 0.25) is 0 Å². The van der Waals surface area contributed by atoms with Crippen LogP contribution < -0.4 is 10.1 Å². The van der Waals surface area contributed by atoms with E-state index in [9.17, 15) is 14.3 Å². The number of benzene rings is 1. The maximum absolute atomic E-state index is 13.3. The lowest BCUT2D eigenvalue weighted by Crippen LogP contribution is -2.47. The normalized spacial score (nSPS) is 17.5. The molecule has 1 heterocycles. The van der Waals surface area contributed by atoms with Crippen molar-refractivity contribution < 1.29 is 23.8 Å². The summed E-state index contributed by atoms with van der Waals surface area (Å²) in [5.74, 6) is -0.871. The van der Waals surface area contributed by atoms with Crippen LogP contribution in [-0.2, 0) is 9.53 Å². The van der Waals surface area contributed by atoms with Crippen LogP contribution in [0.4, 0.5) is 4.39 Å². The molecule has 1 aromatic rings. The second-order valence-corrected chi connectivity index (χ2v) is 4.83. The molecule has 0 saturated carbocycles. The first-order valence-corrected chi connectivity index (χ1v) is 6.53. The van der Waals surface area contributed by atoms with Crippen LogP contribution in [0.5, 0.6) is 5.75 Å². The van der Waals surface area contributed by atoms with Gasteiger partial charge in [-0.25, -0.2) is 4.39 Å². The fourth-order valence-electron chi connectivity index (χ4n) is 1.95. The largest absolute Gasteiger partial charge is 0.481 e. The minimum Gasteiger partial charge on any atom is -0.481 e. The predicted octanol–water partition coefficient (Wildman–Crippen LogP) is 0.862. The van der Waals surface area contributed by atoms with E-state index < -0.39 is 17.3 Å². The van der Waals surface area contributed by atoms with Crippen molar-refractivity contribution in [2.75, 3.05) is 26.4 Å². The molecule has 2 N–H and O–H groups in total. The average molecular weight is 283 g/mol. The molecule has 0 unspecified atom stereocenters. The highest BCUT2D eigenvalue weighted by molar-refractivity contribution is 5.77. The molecule has 110 valence electrons. The molecular weight excluding hydrogens is 265 g/mol. The molecule has 1 aliphatic rings. The first kappa shape index (κ1) is 14.7. The molecule has 0 aromatic heterocycles. The molecule has 0 radical (unpaired) electrons. The first-order chi connectivity index (χ1) is 9.59. The minimum absolute atomic E-state index is 0.0347. The summed E-state index contributed by atoms with van der Waals surface area (Å²) in [6.45, 7) is 0.833. The number of amides is 1. The summed E-state index contributed by atoms with van der Waals surface area (Å²) in [6.07, 6.45) is 0.975. The molecule has 1 amide bonds. The van der Waals surface area contributed by atoms with Crippen LogP contribution >= 0.6 is 0 Å². The van der Waals surface area contributed by atoms with Gasteiger partial charge < -0.3 is 19.9 Å². The van der Waals surface area contributed by atoms with Crippen LogP contribution in [0.3, 0.4) is 0 Å². The number of carbonyl (C=O) groups is 1. The molecule has 5 nitrogen and oxygen atoms in total. The van der Waals surface area contributed by atoms with Crippen LogP contribution in [0.25, 0.3) is 0 Å². The molecule has 0 aliphatic carbocycles. The van der Waals surface area contributed by atoms with Crippen molar-refractivity contribution in [3.63, 3.8) is 0 Å². The van der Waals surface area contributed by atoms with Crippen molar-refractivity contribution in [2.24, 2.45) is 0 Å². The number of hydrogen-bond donors (Lipinski definition) is 2. The number of nitrogens with one attached hydrogen (secondary N) is 1. The third kappa shape index (κ3) is 4.18. The number of rotatable bonds is 5. The highest BCUT2D eigenvalue weighted by Gasteiger charge is 2.30. The number of carbonyl (C=O) groups excluding carboxylic acids is 1. The summed E-state index contributed by atoms with van der Waals surface area (Å²) in [4.78, 5) is 11.6. The van der Waals surface area contributed by atoms with E-state index in [-0.39, 0.29) is 18.9 Å². The Labute approximate surface area is 116 Å². The van der Waals surface area contributed by atoms with Crippen molar-refractivity contribution in [2.45, 2.75) is 18.4 Å². The lowest BCUT2D eigenvalue weighted by Gasteiger charge is -2.32. The van der Waals surface area contributed by atoms with Crippen molar-refractivity contribution in [1.82, 2.24) is 5.32 Å². The highest BCUT2D eigenvalue weighted by Crippen LogP contribution is 2.19. The fourth-order valence-corrected chi connectivity index (χ4v) is 1.95. The second kappa shape index (κ2) is 6.67. The molecule has 1 aliphatic heterocycles. The van der Waals surface area contributed by atoms with Gasteiger partial charge in [-0.15, -0.1) is 0 Å². The zero-order valence-corrected chi connectivity index (χ0v) is 11.1. The Morgan fingerprint density at radius 3 is 2.80 bits per heavy atom. The van der Waals surface area contributed by atoms with Gasteiger partial charge in [-0.2, -0.15) is 0 Å². The summed E-state index contributed by atoms with van der Waals surface area (Å²) < 4.78 is 23.5. The van der Waals surface area contributed by atoms with E-state index in [1.165, 1.54) is 12.1 Å². The number of hydrogen-bond acceptors (Lipinski definition) is 4. The minimum atomic E-state index is -0.925. The van der Waals surface area contributed by atoms with E-state index in [2.05, 4.69) is 5.32 Å². The molecule has 0 atom stereocenters. The van der Waals surface area contributed by atoms with Gasteiger partial charge in [-0.05, 0) is 12.1 Å². The first-order valence-electron chi connectivity index (χ1n) is 6.53. The quantitative estimate of drug-likeness (QED) is 0.841. The third-order valence-corrected chi connectivity index (χ3v) is 3.23.